The molecular weight excluding hydrogens is 395 g/mol. The summed E-state index contributed by atoms with van der Waals surface area (Å²) in [6.45, 7) is 1.83. The van der Waals surface area contributed by atoms with Gasteiger partial charge in [0.1, 0.15) is 5.75 Å². The van der Waals surface area contributed by atoms with Crippen LogP contribution in [0.1, 0.15) is 35.7 Å². The molecule has 0 atom stereocenters. The lowest BCUT2D eigenvalue weighted by Gasteiger charge is -2.17. The molecule has 0 aliphatic heterocycles. The minimum absolute atomic E-state index is 0.0497. The quantitative estimate of drug-likeness (QED) is 0.376. The molecule has 0 radical (unpaired) electrons. The van der Waals surface area contributed by atoms with E-state index >= 15 is 0 Å². The highest BCUT2D eigenvalue weighted by atomic mass is 19.1. The van der Waals surface area contributed by atoms with E-state index < -0.39 is 5.95 Å². The molecule has 0 N–H and O–H groups in total. The number of nitrogens with zero attached hydrogens (tertiary/aromatic N) is 2. The van der Waals surface area contributed by atoms with Crippen molar-refractivity contribution in [3.8, 4) is 16.9 Å². The van der Waals surface area contributed by atoms with Crippen molar-refractivity contribution in [1.29, 1.82) is 0 Å². The largest absolute Gasteiger partial charge is 0.496 e. The summed E-state index contributed by atoms with van der Waals surface area (Å²) >= 11 is 0. The topological polar surface area (TPSA) is 59.5 Å². The first-order valence-corrected chi connectivity index (χ1v) is 10.1. The first kappa shape index (κ1) is 22.2. The van der Waals surface area contributed by atoms with E-state index in [-0.39, 0.29) is 18.1 Å². The van der Waals surface area contributed by atoms with Crippen molar-refractivity contribution in [3.05, 3.63) is 77.9 Å². The smallest absolute Gasteiger partial charge is 0.226 e. The number of ketones is 1. The number of amides is 1. The van der Waals surface area contributed by atoms with Gasteiger partial charge >= 0.3 is 0 Å². The maximum absolute atomic E-state index is 12.9. The van der Waals surface area contributed by atoms with Crippen molar-refractivity contribution in [2.45, 2.75) is 26.2 Å². The Morgan fingerprint density at radius 2 is 1.74 bits per heavy atom. The van der Waals surface area contributed by atoms with Crippen LogP contribution in [0.2, 0.25) is 0 Å². The SMILES string of the molecule is CCC(=O)N(C)c1ccc(-c2ccc(C(=O)CCc3ccc(F)nc3)c(OC)c2)cc1. The van der Waals surface area contributed by atoms with Crippen molar-refractivity contribution in [3.63, 3.8) is 0 Å². The number of carbonyl (C=O) groups excluding carboxylic acids is 2. The fraction of sp³-hybridized carbons (Fsp3) is 0.240. The number of aromatic nitrogens is 1. The van der Waals surface area contributed by atoms with Crippen LogP contribution in [0.25, 0.3) is 11.1 Å². The van der Waals surface area contributed by atoms with E-state index in [2.05, 4.69) is 4.98 Å². The van der Waals surface area contributed by atoms with Crippen molar-refractivity contribution in [1.82, 2.24) is 4.98 Å². The number of ether oxygens (including phenoxy) is 1. The van der Waals surface area contributed by atoms with Gasteiger partial charge in [-0.2, -0.15) is 4.39 Å². The van der Waals surface area contributed by atoms with Gasteiger partial charge in [-0.05, 0) is 53.4 Å². The van der Waals surface area contributed by atoms with Crippen molar-refractivity contribution in [2.24, 2.45) is 0 Å². The van der Waals surface area contributed by atoms with E-state index in [0.717, 1.165) is 22.4 Å². The molecule has 0 unspecified atom stereocenters. The minimum Gasteiger partial charge on any atom is -0.496 e. The lowest BCUT2D eigenvalue weighted by Crippen LogP contribution is -2.24. The van der Waals surface area contributed by atoms with Crippen molar-refractivity contribution >= 4 is 17.4 Å². The van der Waals surface area contributed by atoms with E-state index in [0.29, 0.717) is 24.2 Å². The fourth-order valence-electron chi connectivity index (χ4n) is 3.31. The predicted octanol–water partition coefficient (Wildman–Crippen LogP) is 5.08. The Kier molecular flexibility index (Phi) is 7.13. The molecule has 0 aliphatic carbocycles. The molecule has 3 aromatic rings. The summed E-state index contributed by atoms with van der Waals surface area (Å²) < 4.78 is 18.4. The molecule has 2 aromatic carbocycles. The van der Waals surface area contributed by atoms with Crippen LogP contribution in [0.5, 0.6) is 5.75 Å². The zero-order valence-corrected chi connectivity index (χ0v) is 17.9. The molecule has 31 heavy (non-hydrogen) atoms. The van der Waals surface area contributed by atoms with Gasteiger partial charge < -0.3 is 9.64 Å². The van der Waals surface area contributed by atoms with Crippen molar-refractivity contribution in [2.75, 3.05) is 19.1 Å². The number of rotatable bonds is 8. The van der Waals surface area contributed by atoms with Crippen molar-refractivity contribution < 1.29 is 18.7 Å². The summed E-state index contributed by atoms with van der Waals surface area (Å²) in [6.07, 6.45) is 2.64. The molecule has 1 aromatic heterocycles. The zero-order chi connectivity index (χ0) is 22.4. The number of pyridine rings is 1. The molecule has 0 spiro atoms. The Labute approximate surface area is 181 Å². The third kappa shape index (κ3) is 5.34. The van der Waals surface area contributed by atoms with Gasteiger partial charge in [0.05, 0.1) is 12.7 Å². The van der Waals surface area contributed by atoms with E-state index in [1.165, 1.54) is 19.4 Å². The number of aryl methyl sites for hydroxylation is 1. The standard InChI is InChI=1S/C25H25FN2O3/c1-4-25(30)28(2)20-10-7-18(8-11-20)19-9-12-21(23(15-19)31-3)22(29)13-5-17-6-14-24(26)27-16-17/h6-12,14-16H,4-5,13H2,1-3H3. The second-order valence-corrected chi connectivity index (χ2v) is 7.18. The molecule has 1 heterocycles. The molecular formula is C25H25FN2O3. The second-order valence-electron chi connectivity index (χ2n) is 7.18. The molecule has 6 heteroatoms. The fourth-order valence-corrected chi connectivity index (χ4v) is 3.31. The van der Waals surface area contributed by atoms with Gasteiger partial charge in [0.15, 0.2) is 5.78 Å². The summed E-state index contributed by atoms with van der Waals surface area (Å²) in [5, 5.41) is 0. The van der Waals surface area contributed by atoms with Crippen LogP contribution in [0.15, 0.2) is 60.8 Å². The van der Waals surface area contributed by atoms with Crippen LogP contribution in [0, 0.1) is 5.95 Å². The number of methoxy groups -OCH3 is 1. The van der Waals surface area contributed by atoms with Gasteiger partial charge in [-0.1, -0.05) is 31.2 Å². The Morgan fingerprint density at radius 1 is 1.03 bits per heavy atom. The molecule has 160 valence electrons. The van der Waals surface area contributed by atoms with Crippen LogP contribution >= 0.6 is 0 Å². The number of hydrogen-bond donors (Lipinski definition) is 0. The summed E-state index contributed by atoms with van der Waals surface area (Å²) in [5.74, 6) is -0.0393. The molecule has 0 fully saturated rings. The number of halogens is 1. The summed E-state index contributed by atoms with van der Waals surface area (Å²) in [5.41, 5.74) is 4.00. The van der Waals surface area contributed by atoms with E-state index in [1.807, 2.05) is 43.3 Å². The molecule has 0 bridgehead atoms. The summed E-state index contributed by atoms with van der Waals surface area (Å²) in [6, 6.07) is 16.1. The first-order chi connectivity index (χ1) is 14.9. The van der Waals surface area contributed by atoms with Gasteiger partial charge in [0, 0.05) is 31.8 Å². The summed E-state index contributed by atoms with van der Waals surface area (Å²) in [7, 11) is 3.29. The highest BCUT2D eigenvalue weighted by molar-refractivity contribution is 5.99. The minimum atomic E-state index is -0.538. The molecule has 3 rings (SSSR count). The van der Waals surface area contributed by atoms with Crippen LogP contribution in [-0.4, -0.2) is 30.8 Å². The Morgan fingerprint density at radius 3 is 2.35 bits per heavy atom. The number of carbonyl (C=O) groups is 2. The zero-order valence-electron chi connectivity index (χ0n) is 17.9. The second kappa shape index (κ2) is 9.98. The Balaban J connectivity index is 1.75. The molecule has 1 amide bonds. The number of anilines is 1. The van der Waals surface area contributed by atoms with Gasteiger partial charge in [0.25, 0.3) is 0 Å². The van der Waals surface area contributed by atoms with E-state index in [1.54, 1.807) is 24.1 Å². The third-order valence-corrected chi connectivity index (χ3v) is 5.20. The lowest BCUT2D eigenvalue weighted by molar-refractivity contribution is -0.118. The lowest BCUT2D eigenvalue weighted by atomic mass is 9.98. The normalized spacial score (nSPS) is 10.6. The number of Topliss-reactive ketones (excluding diaryl/α,β-unsaturated/α-hetero) is 1. The highest BCUT2D eigenvalue weighted by Gasteiger charge is 2.14. The molecule has 0 saturated heterocycles. The monoisotopic (exact) mass is 420 g/mol. The number of benzene rings is 2. The Bertz CT molecular complexity index is 1060. The van der Waals surface area contributed by atoms with Crippen LogP contribution in [0.3, 0.4) is 0 Å². The maximum atomic E-state index is 12.9. The molecule has 0 saturated carbocycles. The molecule has 0 aliphatic rings. The van der Waals surface area contributed by atoms with Gasteiger partial charge in [-0.15, -0.1) is 0 Å². The maximum Gasteiger partial charge on any atom is 0.226 e. The van der Waals surface area contributed by atoms with Crippen LogP contribution < -0.4 is 9.64 Å². The Hall–Kier alpha value is -3.54. The van der Waals surface area contributed by atoms with E-state index in [4.69, 9.17) is 4.74 Å². The average Bonchev–Trinajstić information content (AvgIpc) is 2.82. The van der Waals surface area contributed by atoms with E-state index in [9.17, 15) is 14.0 Å². The molecule has 5 nitrogen and oxygen atoms in total. The van der Waals surface area contributed by atoms with Gasteiger partial charge in [0.2, 0.25) is 11.9 Å². The average molecular weight is 420 g/mol. The highest BCUT2D eigenvalue weighted by Crippen LogP contribution is 2.29. The third-order valence-electron chi connectivity index (χ3n) is 5.20. The van der Waals surface area contributed by atoms with Crippen LogP contribution in [-0.2, 0) is 11.2 Å². The first-order valence-electron chi connectivity index (χ1n) is 10.1. The summed E-state index contributed by atoms with van der Waals surface area (Å²) in [4.78, 5) is 29.8. The van der Waals surface area contributed by atoms with Gasteiger partial charge in [-0.3, -0.25) is 9.59 Å². The van der Waals surface area contributed by atoms with Crippen LogP contribution in [0.4, 0.5) is 10.1 Å². The predicted molar refractivity (Wildman–Crippen MR) is 119 cm³/mol. The van der Waals surface area contributed by atoms with Gasteiger partial charge in [-0.25, -0.2) is 4.98 Å². The number of hydrogen-bond acceptors (Lipinski definition) is 4.